The van der Waals surface area contributed by atoms with Crippen molar-refractivity contribution in [2.24, 2.45) is 11.8 Å². The van der Waals surface area contributed by atoms with Crippen LogP contribution in [-0.2, 0) is 14.2 Å². The SMILES string of the molecule is CC(C)C(C)OC(=O)OC(=O)OC(C)C(C)C. The summed E-state index contributed by atoms with van der Waals surface area (Å²) >= 11 is 0. The molecular weight excluding hydrogens is 224 g/mol. The first kappa shape index (κ1) is 15.7. The van der Waals surface area contributed by atoms with E-state index in [1.165, 1.54) is 0 Å². The third-order valence-corrected chi connectivity index (χ3v) is 2.61. The van der Waals surface area contributed by atoms with Gasteiger partial charge < -0.3 is 14.2 Å². The van der Waals surface area contributed by atoms with Crippen LogP contribution in [0.4, 0.5) is 9.59 Å². The van der Waals surface area contributed by atoms with Crippen LogP contribution in [0.2, 0.25) is 0 Å². The number of hydrogen-bond donors (Lipinski definition) is 0. The fourth-order valence-corrected chi connectivity index (χ4v) is 0.692. The van der Waals surface area contributed by atoms with Gasteiger partial charge in [0.25, 0.3) is 0 Å². The molecule has 0 spiro atoms. The molecule has 0 rings (SSSR count). The molecule has 2 atom stereocenters. The lowest BCUT2D eigenvalue weighted by molar-refractivity contribution is -0.00686. The van der Waals surface area contributed by atoms with E-state index in [1.807, 2.05) is 27.7 Å². The maximum absolute atomic E-state index is 11.2. The largest absolute Gasteiger partial charge is 0.518 e. The fourth-order valence-electron chi connectivity index (χ4n) is 0.692. The van der Waals surface area contributed by atoms with E-state index in [9.17, 15) is 9.59 Å². The van der Waals surface area contributed by atoms with Crippen molar-refractivity contribution >= 4 is 12.3 Å². The minimum Gasteiger partial charge on any atom is -0.431 e. The lowest BCUT2D eigenvalue weighted by Gasteiger charge is -2.17. The van der Waals surface area contributed by atoms with Gasteiger partial charge in [0.2, 0.25) is 0 Å². The third kappa shape index (κ3) is 6.81. The lowest BCUT2D eigenvalue weighted by atomic mass is 10.1. The van der Waals surface area contributed by atoms with Crippen molar-refractivity contribution in [1.82, 2.24) is 0 Å². The van der Waals surface area contributed by atoms with Crippen LogP contribution in [0.5, 0.6) is 0 Å². The molecule has 2 unspecified atom stereocenters. The van der Waals surface area contributed by atoms with Gasteiger partial charge in [-0.15, -0.1) is 0 Å². The van der Waals surface area contributed by atoms with Crippen molar-refractivity contribution in [3.05, 3.63) is 0 Å². The predicted octanol–water partition coefficient (Wildman–Crippen LogP) is 3.37. The summed E-state index contributed by atoms with van der Waals surface area (Å²) in [6.07, 6.45) is -2.66. The van der Waals surface area contributed by atoms with Crippen molar-refractivity contribution < 1.29 is 23.8 Å². The quantitative estimate of drug-likeness (QED) is 0.562. The summed E-state index contributed by atoms with van der Waals surface area (Å²) in [5.74, 6) is 0.321. The lowest BCUT2D eigenvalue weighted by Crippen LogP contribution is -2.26. The average Bonchev–Trinajstić information content (AvgIpc) is 2.16. The average molecular weight is 246 g/mol. The Morgan fingerprint density at radius 2 is 1.00 bits per heavy atom. The van der Waals surface area contributed by atoms with E-state index in [0.29, 0.717) is 0 Å². The summed E-state index contributed by atoms with van der Waals surface area (Å²) in [5.41, 5.74) is 0. The van der Waals surface area contributed by atoms with Gasteiger partial charge in [0.1, 0.15) is 12.2 Å². The summed E-state index contributed by atoms with van der Waals surface area (Å²) in [5, 5.41) is 0. The minimum atomic E-state index is -1.02. The Hall–Kier alpha value is -1.26. The van der Waals surface area contributed by atoms with Gasteiger partial charge in [-0.25, -0.2) is 9.59 Å². The molecule has 100 valence electrons. The highest BCUT2D eigenvalue weighted by Crippen LogP contribution is 2.09. The Labute approximate surface area is 102 Å². The zero-order chi connectivity index (χ0) is 13.6. The highest BCUT2D eigenvalue weighted by Gasteiger charge is 2.20. The molecule has 0 aromatic carbocycles. The molecule has 0 aliphatic rings. The van der Waals surface area contributed by atoms with Gasteiger partial charge in [0.15, 0.2) is 0 Å². The Balaban J connectivity index is 4.01. The fraction of sp³-hybridized carbons (Fsp3) is 0.833. The predicted molar refractivity (Wildman–Crippen MR) is 62.6 cm³/mol. The van der Waals surface area contributed by atoms with E-state index in [2.05, 4.69) is 4.74 Å². The van der Waals surface area contributed by atoms with Gasteiger partial charge in [-0.05, 0) is 25.7 Å². The topological polar surface area (TPSA) is 61.8 Å². The summed E-state index contributed by atoms with van der Waals surface area (Å²) in [6.45, 7) is 11.1. The van der Waals surface area contributed by atoms with Crippen molar-refractivity contribution in [3.63, 3.8) is 0 Å². The summed E-state index contributed by atoms with van der Waals surface area (Å²) < 4.78 is 14.1. The maximum Gasteiger partial charge on any atom is 0.518 e. The van der Waals surface area contributed by atoms with Crippen LogP contribution in [0.15, 0.2) is 0 Å². The standard InChI is InChI=1S/C12H22O5/c1-7(2)9(5)15-11(13)17-12(14)16-10(6)8(3)4/h7-10H,1-6H3. The van der Waals surface area contributed by atoms with E-state index in [1.54, 1.807) is 13.8 Å². The van der Waals surface area contributed by atoms with Crippen LogP contribution in [-0.4, -0.2) is 24.5 Å². The summed E-state index contributed by atoms with van der Waals surface area (Å²) in [6, 6.07) is 0. The van der Waals surface area contributed by atoms with Crippen LogP contribution in [0.3, 0.4) is 0 Å². The van der Waals surface area contributed by atoms with E-state index in [-0.39, 0.29) is 24.0 Å². The van der Waals surface area contributed by atoms with E-state index < -0.39 is 12.3 Å². The van der Waals surface area contributed by atoms with Gasteiger partial charge in [0.05, 0.1) is 0 Å². The molecule has 0 amide bonds. The van der Waals surface area contributed by atoms with Gasteiger partial charge in [-0.2, -0.15) is 0 Å². The number of carbonyl (C=O) groups is 2. The Morgan fingerprint density at radius 3 is 1.24 bits per heavy atom. The number of ether oxygens (including phenoxy) is 3. The molecule has 0 aromatic rings. The molecule has 5 nitrogen and oxygen atoms in total. The molecule has 0 radical (unpaired) electrons. The third-order valence-electron chi connectivity index (χ3n) is 2.61. The normalized spacial score (nSPS) is 14.4. The van der Waals surface area contributed by atoms with Gasteiger partial charge in [-0.1, -0.05) is 27.7 Å². The molecule has 0 fully saturated rings. The minimum absolute atomic E-state index is 0.160. The Morgan fingerprint density at radius 1 is 0.706 bits per heavy atom. The number of rotatable bonds is 4. The molecule has 17 heavy (non-hydrogen) atoms. The molecule has 0 saturated carbocycles. The van der Waals surface area contributed by atoms with Crippen molar-refractivity contribution in [2.45, 2.75) is 53.8 Å². The highest BCUT2D eigenvalue weighted by atomic mass is 16.8. The molecule has 5 heteroatoms. The van der Waals surface area contributed by atoms with Crippen LogP contribution in [0, 0.1) is 11.8 Å². The monoisotopic (exact) mass is 246 g/mol. The molecule has 0 bridgehead atoms. The zero-order valence-corrected chi connectivity index (χ0v) is 11.4. The summed E-state index contributed by atoms with van der Waals surface area (Å²) in [4.78, 5) is 22.3. The number of carbonyl (C=O) groups excluding carboxylic acids is 2. The summed E-state index contributed by atoms with van der Waals surface area (Å²) in [7, 11) is 0. The molecule has 0 N–H and O–H groups in total. The first-order chi connectivity index (χ1) is 7.73. The van der Waals surface area contributed by atoms with E-state index in [0.717, 1.165) is 0 Å². The molecular formula is C12H22O5. The maximum atomic E-state index is 11.2. The van der Waals surface area contributed by atoms with Crippen LogP contribution < -0.4 is 0 Å². The second-order valence-electron chi connectivity index (χ2n) is 4.74. The molecule has 0 saturated heterocycles. The van der Waals surface area contributed by atoms with Gasteiger partial charge >= 0.3 is 12.3 Å². The van der Waals surface area contributed by atoms with Crippen LogP contribution >= 0.6 is 0 Å². The Bertz CT molecular complexity index is 234. The van der Waals surface area contributed by atoms with E-state index in [4.69, 9.17) is 9.47 Å². The Kier molecular flexibility index (Phi) is 6.61. The second-order valence-corrected chi connectivity index (χ2v) is 4.74. The number of hydrogen-bond acceptors (Lipinski definition) is 5. The zero-order valence-electron chi connectivity index (χ0n) is 11.4. The van der Waals surface area contributed by atoms with Crippen molar-refractivity contribution in [2.75, 3.05) is 0 Å². The highest BCUT2D eigenvalue weighted by molar-refractivity contribution is 5.77. The molecule has 0 aromatic heterocycles. The van der Waals surface area contributed by atoms with Gasteiger partial charge in [-0.3, -0.25) is 0 Å². The van der Waals surface area contributed by atoms with Crippen molar-refractivity contribution in [3.8, 4) is 0 Å². The first-order valence-electron chi connectivity index (χ1n) is 5.83. The molecule has 0 aliphatic carbocycles. The van der Waals surface area contributed by atoms with Gasteiger partial charge in [0, 0.05) is 0 Å². The molecule has 0 heterocycles. The van der Waals surface area contributed by atoms with Crippen LogP contribution in [0.25, 0.3) is 0 Å². The van der Waals surface area contributed by atoms with E-state index >= 15 is 0 Å². The van der Waals surface area contributed by atoms with Crippen molar-refractivity contribution in [1.29, 1.82) is 0 Å². The smallest absolute Gasteiger partial charge is 0.431 e. The second kappa shape index (κ2) is 7.14. The molecule has 0 aliphatic heterocycles. The first-order valence-corrected chi connectivity index (χ1v) is 5.83. The van der Waals surface area contributed by atoms with Crippen LogP contribution in [0.1, 0.15) is 41.5 Å².